The maximum Gasteiger partial charge on any atom is 0.261 e. The van der Waals surface area contributed by atoms with Gasteiger partial charge in [-0.05, 0) is 25.6 Å². The molecular formula is C13H14N2O2. The first-order valence-corrected chi connectivity index (χ1v) is 5.44. The van der Waals surface area contributed by atoms with Crippen molar-refractivity contribution >= 4 is 17.5 Å². The molecule has 0 bridgehead atoms. The number of imide groups is 1. The molecule has 1 aromatic carbocycles. The molecule has 4 nitrogen and oxygen atoms in total. The summed E-state index contributed by atoms with van der Waals surface area (Å²) in [5.41, 5.74) is 2.07. The van der Waals surface area contributed by atoms with Crippen LogP contribution in [0.25, 0.3) is 0 Å². The molecule has 0 saturated carbocycles. The zero-order chi connectivity index (χ0) is 12.4. The van der Waals surface area contributed by atoms with Crippen LogP contribution in [0.3, 0.4) is 0 Å². The molecule has 17 heavy (non-hydrogen) atoms. The smallest absolute Gasteiger partial charge is 0.261 e. The van der Waals surface area contributed by atoms with Crippen LogP contribution in [0.4, 0.5) is 5.69 Å². The number of anilines is 1. The molecule has 2 rings (SSSR count). The van der Waals surface area contributed by atoms with Crippen LogP contribution in [-0.2, 0) is 16.1 Å². The minimum absolute atomic E-state index is 0.237. The van der Waals surface area contributed by atoms with Crippen molar-refractivity contribution in [2.45, 2.75) is 13.5 Å². The summed E-state index contributed by atoms with van der Waals surface area (Å²) in [7, 11) is 1.83. The zero-order valence-electron chi connectivity index (χ0n) is 9.86. The van der Waals surface area contributed by atoms with Gasteiger partial charge in [-0.25, -0.2) is 4.90 Å². The molecule has 1 aliphatic heterocycles. The first kappa shape index (κ1) is 11.5. The Morgan fingerprint density at radius 1 is 1.24 bits per heavy atom. The quantitative estimate of drug-likeness (QED) is 0.794. The van der Waals surface area contributed by atoms with E-state index in [1.54, 1.807) is 13.0 Å². The van der Waals surface area contributed by atoms with E-state index in [0.29, 0.717) is 17.8 Å². The van der Waals surface area contributed by atoms with Gasteiger partial charge in [0.2, 0.25) is 0 Å². The SMILES string of the molecule is CNCc1ccccc1N1C(=O)C=C(C)C1=O. The first-order valence-electron chi connectivity index (χ1n) is 5.44. The monoisotopic (exact) mass is 230 g/mol. The Balaban J connectivity index is 2.42. The van der Waals surface area contributed by atoms with Crippen molar-refractivity contribution in [1.29, 1.82) is 0 Å². The summed E-state index contributed by atoms with van der Waals surface area (Å²) in [4.78, 5) is 24.9. The number of nitrogens with one attached hydrogen (secondary N) is 1. The van der Waals surface area contributed by atoms with Gasteiger partial charge in [0.15, 0.2) is 0 Å². The minimum Gasteiger partial charge on any atom is -0.316 e. The number of benzene rings is 1. The Morgan fingerprint density at radius 2 is 1.94 bits per heavy atom. The lowest BCUT2D eigenvalue weighted by Crippen LogP contribution is -2.31. The van der Waals surface area contributed by atoms with Crippen LogP contribution >= 0.6 is 0 Å². The summed E-state index contributed by atoms with van der Waals surface area (Å²) in [6.45, 7) is 2.27. The van der Waals surface area contributed by atoms with Gasteiger partial charge >= 0.3 is 0 Å². The third-order valence-corrected chi connectivity index (χ3v) is 2.70. The Kier molecular flexibility index (Phi) is 3.06. The maximum absolute atomic E-state index is 11.9. The van der Waals surface area contributed by atoms with Gasteiger partial charge in [0, 0.05) is 18.2 Å². The van der Waals surface area contributed by atoms with Crippen molar-refractivity contribution in [1.82, 2.24) is 5.32 Å². The van der Waals surface area contributed by atoms with Crippen LogP contribution in [-0.4, -0.2) is 18.9 Å². The number of hydrogen-bond donors (Lipinski definition) is 1. The Bertz CT molecular complexity index is 506. The summed E-state index contributed by atoms with van der Waals surface area (Å²) in [5.74, 6) is -0.505. The second-order valence-electron chi connectivity index (χ2n) is 3.97. The number of nitrogens with zero attached hydrogens (tertiary/aromatic N) is 1. The number of amides is 2. The number of rotatable bonds is 3. The topological polar surface area (TPSA) is 49.4 Å². The van der Waals surface area contributed by atoms with E-state index in [4.69, 9.17) is 0 Å². The average Bonchev–Trinajstić information content (AvgIpc) is 2.55. The van der Waals surface area contributed by atoms with Gasteiger partial charge in [0.25, 0.3) is 11.8 Å². The number of carbonyl (C=O) groups is 2. The molecule has 1 aliphatic rings. The van der Waals surface area contributed by atoms with Gasteiger partial charge in [-0.15, -0.1) is 0 Å². The Morgan fingerprint density at radius 3 is 2.53 bits per heavy atom. The summed E-state index contributed by atoms with van der Waals surface area (Å²) < 4.78 is 0. The van der Waals surface area contributed by atoms with Gasteiger partial charge in [-0.2, -0.15) is 0 Å². The van der Waals surface area contributed by atoms with E-state index in [9.17, 15) is 9.59 Å². The summed E-state index contributed by atoms with van der Waals surface area (Å²) in [5, 5.41) is 3.02. The van der Waals surface area contributed by atoms with Crippen molar-refractivity contribution in [3.05, 3.63) is 41.5 Å². The highest BCUT2D eigenvalue weighted by Crippen LogP contribution is 2.25. The average molecular weight is 230 g/mol. The molecule has 0 saturated heterocycles. The molecule has 0 fully saturated rings. The van der Waals surface area contributed by atoms with Gasteiger partial charge < -0.3 is 5.32 Å². The van der Waals surface area contributed by atoms with Crippen molar-refractivity contribution in [3.8, 4) is 0 Å². The number of para-hydroxylation sites is 1. The third-order valence-electron chi connectivity index (χ3n) is 2.70. The van der Waals surface area contributed by atoms with Crippen molar-refractivity contribution < 1.29 is 9.59 Å². The van der Waals surface area contributed by atoms with Crippen molar-refractivity contribution in [2.24, 2.45) is 0 Å². The molecule has 0 aliphatic carbocycles. The second-order valence-corrected chi connectivity index (χ2v) is 3.97. The van der Waals surface area contributed by atoms with Crippen LogP contribution in [0.2, 0.25) is 0 Å². The third kappa shape index (κ3) is 1.99. The van der Waals surface area contributed by atoms with Gasteiger partial charge in [0.05, 0.1) is 5.69 Å². The van der Waals surface area contributed by atoms with Crippen LogP contribution in [0, 0.1) is 0 Å². The molecule has 0 radical (unpaired) electrons. The molecule has 1 aromatic rings. The van der Waals surface area contributed by atoms with Crippen LogP contribution in [0.1, 0.15) is 12.5 Å². The number of carbonyl (C=O) groups excluding carboxylic acids is 2. The van der Waals surface area contributed by atoms with E-state index in [1.165, 1.54) is 11.0 Å². The van der Waals surface area contributed by atoms with E-state index in [-0.39, 0.29) is 11.8 Å². The largest absolute Gasteiger partial charge is 0.316 e. The highest BCUT2D eigenvalue weighted by atomic mass is 16.2. The predicted octanol–water partition coefficient (Wildman–Crippen LogP) is 1.23. The molecule has 0 aromatic heterocycles. The Labute approximate surface area is 99.9 Å². The zero-order valence-corrected chi connectivity index (χ0v) is 9.86. The lowest BCUT2D eigenvalue weighted by atomic mass is 10.1. The van der Waals surface area contributed by atoms with Crippen molar-refractivity contribution in [2.75, 3.05) is 11.9 Å². The van der Waals surface area contributed by atoms with Gasteiger partial charge in [-0.1, -0.05) is 18.2 Å². The van der Waals surface area contributed by atoms with Crippen LogP contribution in [0.15, 0.2) is 35.9 Å². The second kappa shape index (κ2) is 4.51. The predicted molar refractivity (Wildman–Crippen MR) is 65.5 cm³/mol. The highest BCUT2D eigenvalue weighted by Gasteiger charge is 2.30. The molecule has 0 unspecified atom stereocenters. The van der Waals surface area contributed by atoms with Gasteiger partial charge in [0.1, 0.15) is 0 Å². The fraction of sp³-hybridized carbons (Fsp3) is 0.231. The highest BCUT2D eigenvalue weighted by molar-refractivity contribution is 6.30. The van der Waals surface area contributed by atoms with E-state index >= 15 is 0 Å². The van der Waals surface area contributed by atoms with E-state index in [2.05, 4.69) is 5.32 Å². The van der Waals surface area contributed by atoms with Crippen LogP contribution in [0.5, 0.6) is 0 Å². The van der Waals surface area contributed by atoms with Gasteiger partial charge in [-0.3, -0.25) is 9.59 Å². The molecule has 0 spiro atoms. The fourth-order valence-electron chi connectivity index (χ4n) is 1.88. The molecule has 1 heterocycles. The lowest BCUT2D eigenvalue weighted by Gasteiger charge is -2.18. The van der Waals surface area contributed by atoms with Crippen LogP contribution < -0.4 is 10.2 Å². The molecular weight excluding hydrogens is 216 g/mol. The fourth-order valence-corrected chi connectivity index (χ4v) is 1.88. The van der Waals surface area contributed by atoms with E-state index in [1.807, 2.05) is 25.2 Å². The molecule has 1 N–H and O–H groups in total. The molecule has 4 heteroatoms. The van der Waals surface area contributed by atoms with E-state index in [0.717, 1.165) is 5.56 Å². The van der Waals surface area contributed by atoms with Crippen molar-refractivity contribution in [3.63, 3.8) is 0 Å². The normalized spacial score (nSPS) is 15.4. The van der Waals surface area contributed by atoms with E-state index < -0.39 is 0 Å². The summed E-state index contributed by atoms with van der Waals surface area (Å²) in [6.07, 6.45) is 1.37. The maximum atomic E-state index is 11.9. The molecule has 0 atom stereocenters. The minimum atomic E-state index is -0.268. The molecule has 88 valence electrons. The molecule has 2 amide bonds. The standard InChI is InChI=1S/C13H14N2O2/c1-9-7-12(16)15(13(9)17)11-6-4-3-5-10(11)8-14-2/h3-7,14H,8H2,1-2H3. The summed E-state index contributed by atoms with van der Waals surface area (Å²) in [6, 6.07) is 7.40. The summed E-state index contributed by atoms with van der Waals surface area (Å²) >= 11 is 0. The lowest BCUT2D eigenvalue weighted by molar-refractivity contribution is -0.120. The Hall–Kier alpha value is -1.94. The first-order chi connectivity index (χ1) is 8.15. The number of hydrogen-bond acceptors (Lipinski definition) is 3.